The van der Waals surface area contributed by atoms with Crippen LogP contribution in [0.1, 0.15) is 27.2 Å². The highest BCUT2D eigenvalue weighted by Crippen LogP contribution is 2.24. The van der Waals surface area contributed by atoms with Gasteiger partial charge >= 0.3 is 5.97 Å². The van der Waals surface area contributed by atoms with E-state index in [1.54, 1.807) is 13.8 Å². The number of ether oxygens (including phenoxy) is 2. The Morgan fingerprint density at radius 3 is 2.26 bits per heavy atom. The fourth-order valence-corrected chi connectivity index (χ4v) is 1.57. The third-order valence-electron chi connectivity index (χ3n) is 3.50. The van der Waals surface area contributed by atoms with Crippen molar-refractivity contribution in [1.29, 1.82) is 0 Å². The summed E-state index contributed by atoms with van der Waals surface area (Å²) in [6.45, 7) is 4.99. The molecule has 0 amide bonds. The molecule has 1 aliphatic rings. The third kappa shape index (κ3) is 3.64. The minimum atomic E-state index is -1.62. The number of hydrogen-bond acceptors (Lipinski definition) is 7. The summed E-state index contributed by atoms with van der Waals surface area (Å²) in [5.41, 5.74) is -0.656. The second-order valence-electron chi connectivity index (χ2n) is 5.37. The van der Waals surface area contributed by atoms with Gasteiger partial charge in [0.25, 0.3) is 0 Å². The first-order valence-electron chi connectivity index (χ1n) is 6.25. The maximum Gasteiger partial charge on any atom is 0.311 e. The van der Waals surface area contributed by atoms with Crippen LogP contribution in [0.3, 0.4) is 0 Å². The van der Waals surface area contributed by atoms with Gasteiger partial charge in [0.05, 0.1) is 5.41 Å². The third-order valence-corrected chi connectivity index (χ3v) is 3.50. The average molecular weight is 278 g/mol. The SMILES string of the molecule is CCC(C)(C)C(=O)OCC1O[C@@H](O)C(O)[C@@H](O)[C@@H]1O. The molecule has 1 saturated heterocycles. The number of carbonyl (C=O) groups is 1. The Bertz CT molecular complexity index is 317. The maximum atomic E-state index is 11.7. The van der Waals surface area contributed by atoms with Gasteiger partial charge in [0.15, 0.2) is 6.29 Å². The lowest BCUT2D eigenvalue weighted by molar-refractivity contribution is -0.287. The monoisotopic (exact) mass is 278 g/mol. The number of carbonyl (C=O) groups excluding carboxylic acids is 1. The molecule has 1 rings (SSSR count). The highest BCUT2D eigenvalue weighted by molar-refractivity contribution is 5.75. The highest BCUT2D eigenvalue weighted by Gasteiger charge is 2.43. The van der Waals surface area contributed by atoms with E-state index in [0.717, 1.165) is 0 Å². The van der Waals surface area contributed by atoms with E-state index in [0.29, 0.717) is 6.42 Å². The molecule has 0 aromatic heterocycles. The minimum absolute atomic E-state index is 0.301. The van der Waals surface area contributed by atoms with Gasteiger partial charge in [0.1, 0.15) is 31.0 Å². The van der Waals surface area contributed by atoms with Crippen molar-refractivity contribution in [2.45, 2.75) is 57.9 Å². The lowest BCUT2D eigenvalue weighted by Gasteiger charge is -2.38. The molecule has 7 nitrogen and oxygen atoms in total. The molecule has 1 heterocycles. The average Bonchev–Trinajstić information content (AvgIpc) is 2.38. The van der Waals surface area contributed by atoms with Crippen LogP contribution in [0.15, 0.2) is 0 Å². The first-order chi connectivity index (χ1) is 8.70. The smallest absolute Gasteiger partial charge is 0.311 e. The van der Waals surface area contributed by atoms with Crippen molar-refractivity contribution in [2.75, 3.05) is 6.61 Å². The fourth-order valence-electron chi connectivity index (χ4n) is 1.57. The molecule has 2 unspecified atom stereocenters. The van der Waals surface area contributed by atoms with E-state index >= 15 is 0 Å². The Morgan fingerprint density at radius 1 is 1.16 bits per heavy atom. The van der Waals surface area contributed by atoms with Gasteiger partial charge in [-0.3, -0.25) is 4.79 Å². The normalized spacial score (nSPS) is 36.1. The second-order valence-corrected chi connectivity index (χ2v) is 5.37. The molecule has 0 radical (unpaired) electrons. The van der Waals surface area contributed by atoms with Crippen LogP contribution in [-0.2, 0) is 14.3 Å². The first-order valence-corrected chi connectivity index (χ1v) is 6.25. The van der Waals surface area contributed by atoms with E-state index in [9.17, 15) is 25.2 Å². The maximum absolute atomic E-state index is 11.7. The van der Waals surface area contributed by atoms with E-state index in [-0.39, 0.29) is 6.61 Å². The van der Waals surface area contributed by atoms with Crippen molar-refractivity contribution >= 4 is 5.97 Å². The topological polar surface area (TPSA) is 116 Å². The molecule has 1 fully saturated rings. The van der Waals surface area contributed by atoms with Crippen LogP contribution in [0.5, 0.6) is 0 Å². The number of esters is 1. The van der Waals surface area contributed by atoms with Crippen molar-refractivity contribution in [2.24, 2.45) is 5.41 Å². The van der Waals surface area contributed by atoms with Gasteiger partial charge in [0.2, 0.25) is 0 Å². The summed E-state index contributed by atoms with van der Waals surface area (Å²) in [5, 5.41) is 37.7. The van der Waals surface area contributed by atoms with Gasteiger partial charge < -0.3 is 29.9 Å². The lowest BCUT2D eigenvalue weighted by atomic mass is 9.90. The number of aliphatic hydroxyl groups excluding tert-OH is 4. The minimum Gasteiger partial charge on any atom is -0.462 e. The quantitative estimate of drug-likeness (QED) is 0.475. The van der Waals surface area contributed by atoms with Crippen LogP contribution in [0.25, 0.3) is 0 Å². The highest BCUT2D eigenvalue weighted by atomic mass is 16.6. The molecule has 112 valence electrons. The van der Waals surface area contributed by atoms with Crippen molar-refractivity contribution in [1.82, 2.24) is 0 Å². The Hall–Kier alpha value is -0.730. The zero-order valence-corrected chi connectivity index (χ0v) is 11.3. The van der Waals surface area contributed by atoms with Crippen LogP contribution in [-0.4, -0.2) is 63.7 Å². The molecular weight excluding hydrogens is 256 g/mol. The first kappa shape index (κ1) is 16.3. The molecule has 0 aromatic carbocycles. The van der Waals surface area contributed by atoms with Crippen LogP contribution >= 0.6 is 0 Å². The van der Waals surface area contributed by atoms with Gasteiger partial charge in [-0.05, 0) is 20.3 Å². The van der Waals surface area contributed by atoms with Crippen molar-refractivity contribution in [3.05, 3.63) is 0 Å². The number of aliphatic hydroxyl groups is 4. The van der Waals surface area contributed by atoms with E-state index in [4.69, 9.17) is 9.47 Å². The molecule has 4 N–H and O–H groups in total. The zero-order chi connectivity index (χ0) is 14.8. The summed E-state index contributed by atoms with van der Waals surface area (Å²) in [7, 11) is 0. The van der Waals surface area contributed by atoms with E-state index in [1.807, 2.05) is 6.92 Å². The molecule has 0 bridgehead atoms. The summed E-state index contributed by atoms with van der Waals surface area (Å²) >= 11 is 0. The van der Waals surface area contributed by atoms with Crippen LogP contribution in [0.4, 0.5) is 0 Å². The van der Waals surface area contributed by atoms with Gasteiger partial charge in [-0.25, -0.2) is 0 Å². The van der Waals surface area contributed by atoms with Crippen LogP contribution < -0.4 is 0 Å². The Morgan fingerprint density at radius 2 is 1.74 bits per heavy atom. The molecule has 0 aromatic rings. The fraction of sp³-hybridized carbons (Fsp3) is 0.917. The summed E-state index contributed by atoms with van der Waals surface area (Å²) in [6.07, 6.45) is -6.69. The van der Waals surface area contributed by atoms with Crippen LogP contribution in [0.2, 0.25) is 0 Å². The second kappa shape index (κ2) is 6.15. The molecular formula is C12H22O7. The zero-order valence-electron chi connectivity index (χ0n) is 11.3. The molecule has 1 aliphatic heterocycles. The molecule has 5 atom stereocenters. The van der Waals surface area contributed by atoms with E-state index < -0.39 is 42.1 Å². The summed E-state index contributed by atoms with van der Waals surface area (Å²) < 4.78 is 9.91. The van der Waals surface area contributed by atoms with Crippen LogP contribution in [0, 0.1) is 5.41 Å². The van der Waals surface area contributed by atoms with Gasteiger partial charge in [-0.15, -0.1) is 0 Å². The van der Waals surface area contributed by atoms with Crippen molar-refractivity contribution in [3.63, 3.8) is 0 Å². The standard InChI is InChI=1S/C12H22O7/c1-4-12(2,3)11(17)18-5-6-7(13)8(14)9(15)10(16)19-6/h6-10,13-16H,4-5H2,1-3H3/t6?,7-,8+,9?,10-/m1/s1. The summed E-state index contributed by atoms with van der Waals surface area (Å²) in [5.74, 6) is -0.457. The van der Waals surface area contributed by atoms with E-state index in [1.165, 1.54) is 0 Å². The molecule has 7 heteroatoms. The number of hydrogen-bond donors (Lipinski definition) is 4. The van der Waals surface area contributed by atoms with E-state index in [2.05, 4.69) is 0 Å². The summed E-state index contributed by atoms with van der Waals surface area (Å²) in [4.78, 5) is 11.7. The Labute approximate surface area is 111 Å². The van der Waals surface area contributed by atoms with Crippen molar-refractivity contribution in [3.8, 4) is 0 Å². The molecule has 0 saturated carbocycles. The predicted octanol–water partition coefficient (Wildman–Crippen LogP) is -1.23. The van der Waals surface area contributed by atoms with Gasteiger partial charge in [0, 0.05) is 0 Å². The molecule has 0 spiro atoms. The van der Waals surface area contributed by atoms with Gasteiger partial charge in [-0.2, -0.15) is 0 Å². The Kier molecular flexibility index (Phi) is 5.28. The molecule has 19 heavy (non-hydrogen) atoms. The largest absolute Gasteiger partial charge is 0.462 e. The van der Waals surface area contributed by atoms with Gasteiger partial charge in [-0.1, -0.05) is 6.92 Å². The summed E-state index contributed by atoms with van der Waals surface area (Å²) in [6, 6.07) is 0. The predicted molar refractivity (Wildman–Crippen MR) is 63.9 cm³/mol. The molecule has 0 aliphatic carbocycles. The number of rotatable bonds is 4. The van der Waals surface area contributed by atoms with Crippen molar-refractivity contribution < 1.29 is 34.7 Å². The Balaban J connectivity index is 2.56. The lowest BCUT2D eigenvalue weighted by Crippen LogP contribution is -2.58.